The lowest BCUT2D eigenvalue weighted by molar-refractivity contribution is -0.306. The molecule has 3 aliphatic rings. The smallest absolute Gasteiger partial charge is 0.410 e. The Morgan fingerprint density at radius 3 is 2.38 bits per heavy atom. The summed E-state index contributed by atoms with van der Waals surface area (Å²) in [6.45, 7) is 3.62. The molecule has 172 valence electrons. The topological polar surface area (TPSA) is 44.8 Å². The molecule has 1 unspecified atom stereocenters. The Labute approximate surface area is 190 Å². The van der Waals surface area contributed by atoms with Gasteiger partial charge in [0.15, 0.2) is 0 Å². The molecule has 32 heavy (non-hydrogen) atoms. The predicted octanol–water partition coefficient (Wildman–Crippen LogP) is 4.58. The van der Waals surface area contributed by atoms with Gasteiger partial charge < -0.3 is 10.1 Å². The SMILES string of the molecule is Cc1ccc(N2C(=O)CC(N3CCC(NC4=CC=C(OC(F)(F)F)CC4)CC3)C2=S)cc1. The highest BCUT2D eigenvalue weighted by atomic mass is 32.1. The average Bonchev–Trinajstić information content (AvgIpc) is 3.04. The number of hydrogen-bond donors (Lipinski definition) is 1. The summed E-state index contributed by atoms with van der Waals surface area (Å²) < 4.78 is 41.0. The zero-order chi connectivity index (χ0) is 22.9. The summed E-state index contributed by atoms with van der Waals surface area (Å²) in [5, 5.41) is 3.46. The summed E-state index contributed by atoms with van der Waals surface area (Å²) in [7, 11) is 0. The summed E-state index contributed by atoms with van der Waals surface area (Å²) in [5.41, 5.74) is 2.87. The van der Waals surface area contributed by atoms with Crippen LogP contribution in [0.25, 0.3) is 0 Å². The molecule has 2 fully saturated rings. The number of amides is 1. The minimum absolute atomic E-state index is 0.0279. The van der Waals surface area contributed by atoms with E-state index in [0.29, 0.717) is 17.8 Å². The Bertz CT molecular complexity index is 935. The molecule has 5 nitrogen and oxygen atoms in total. The van der Waals surface area contributed by atoms with Crippen molar-refractivity contribution in [3.63, 3.8) is 0 Å². The third kappa shape index (κ3) is 5.32. The van der Waals surface area contributed by atoms with E-state index in [4.69, 9.17) is 12.2 Å². The number of carbonyl (C=O) groups excluding carboxylic acids is 1. The van der Waals surface area contributed by atoms with E-state index in [2.05, 4.69) is 15.0 Å². The van der Waals surface area contributed by atoms with Crippen LogP contribution in [0.3, 0.4) is 0 Å². The highest BCUT2D eigenvalue weighted by Gasteiger charge is 2.40. The predicted molar refractivity (Wildman–Crippen MR) is 120 cm³/mol. The largest absolute Gasteiger partial charge is 0.572 e. The van der Waals surface area contributed by atoms with Crippen LogP contribution in [0.15, 0.2) is 47.9 Å². The van der Waals surface area contributed by atoms with Crippen molar-refractivity contribution in [1.82, 2.24) is 10.2 Å². The van der Waals surface area contributed by atoms with E-state index in [0.717, 1.165) is 42.9 Å². The zero-order valence-electron chi connectivity index (χ0n) is 17.8. The van der Waals surface area contributed by atoms with Gasteiger partial charge in [-0.3, -0.25) is 14.6 Å². The number of allylic oxidation sites excluding steroid dienone is 4. The number of nitrogens with zero attached hydrogens (tertiary/aromatic N) is 2. The first kappa shape index (κ1) is 22.8. The van der Waals surface area contributed by atoms with E-state index in [1.54, 1.807) is 11.0 Å². The average molecular weight is 466 g/mol. The molecule has 0 saturated carbocycles. The van der Waals surface area contributed by atoms with E-state index in [9.17, 15) is 18.0 Å². The minimum atomic E-state index is -4.64. The maximum absolute atomic E-state index is 12.7. The molecule has 1 aliphatic carbocycles. The van der Waals surface area contributed by atoms with E-state index < -0.39 is 6.36 Å². The zero-order valence-corrected chi connectivity index (χ0v) is 18.6. The van der Waals surface area contributed by atoms with Crippen molar-refractivity contribution in [1.29, 1.82) is 0 Å². The third-order valence-corrected chi connectivity index (χ3v) is 6.59. The van der Waals surface area contributed by atoms with Gasteiger partial charge in [0.2, 0.25) is 5.91 Å². The Balaban J connectivity index is 1.30. The number of aryl methyl sites for hydroxylation is 1. The maximum Gasteiger partial charge on any atom is 0.572 e. The summed E-state index contributed by atoms with van der Waals surface area (Å²) in [4.78, 5) is 17.3. The van der Waals surface area contributed by atoms with Gasteiger partial charge in [0, 0.05) is 43.4 Å². The first-order valence-corrected chi connectivity index (χ1v) is 11.2. The molecule has 1 atom stereocenters. The van der Waals surface area contributed by atoms with Gasteiger partial charge in [-0.25, -0.2) is 0 Å². The molecule has 2 aliphatic heterocycles. The minimum Gasteiger partial charge on any atom is -0.410 e. The van der Waals surface area contributed by atoms with Crippen molar-refractivity contribution in [2.45, 2.75) is 57.5 Å². The van der Waals surface area contributed by atoms with Gasteiger partial charge in [-0.05, 0) is 50.5 Å². The highest BCUT2D eigenvalue weighted by Crippen LogP contribution is 2.30. The fourth-order valence-electron chi connectivity index (χ4n) is 4.46. The lowest BCUT2D eigenvalue weighted by Crippen LogP contribution is -2.48. The number of rotatable bonds is 5. The normalized spacial score (nSPS) is 23.2. The van der Waals surface area contributed by atoms with E-state index in [-0.39, 0.29) is 30.2 Å². The number of carbonyl (C=O) groups is 1. The lowest BCUT2D eigenvalue weighted by atomic mass is 10.0. The number of hydrogen-bond acceptors (Lipinski definition) is 5. The molecular formula is C23H26F3N3O2S. The van der Waals surface area contributed by atoms with Crippen molar-refractivity contribution < 1.29 is 22.7 Å². The van der Waals surface area contributed by atoms with Crippen LogP contribution in [0.1, 0.15) is 37.7 Å². The van der Waals surface area contributed by atoms with Gasteiger partial charge in [-0.2, -0.15) is 0 Å². The third-order valence-electron chi connectivity index (χ3n) is 6.13. The van der Waals surface area contributed by atoms with Gasteiger partial charge in [0.1, 0.15) is 10.7 Å². The van der Waals surface area contributed by atoms with E-state index in [1.165, 1.54) is 6.08 Å². The van der Waals surface area contributed by atoms with E-state index in [1.807, 2.05) is 31.2 Å². The van der Waals surface area contributed by atoms with Gasteiger partial charge in [0.05, 0.1) is 6.04 Å². The summed E-state index contributed by atoms with van der Waals surface area (Å²) in [5.74, 6) is -0.0319. The Hall–Kier alpha value is -2.39. The van der Waals surface area contributed by atoms with Crippen LogP contribution >= 0.6 is 12.2 Å². The molecule has 1 N–H and O–H groups in total. The van der Waals surface area contributed by atoms with Crippen molar-refractivity contribution in [2.24, 2.45) is 0 Å². The molecule has 1 amide bonds. The monoisotopic (exact) mass is 465 g/mol. The van der Waals surface area contributed by atoms with Gasteiger partial charge in [0.25, 0.3) is 0 Å². The highest BCUT2D eigenvalue weighted by molar-refractivity contribution is 7.80. The van der Waals surface area contributed by atoms with Crippen LogP contribution < -0.4 is 10.2 Å². The number of anilines is 1. The standard InChI is InChI=1S/C23H26F3N3O2S/c1-15-2-6-18(7-3-15)29-21(30)14-20(22(29)32)28-12-10-17(11-13-28)27-16-4-8-19(9-5-16)31-23(24,25)26/h2-4,6-8,17,20,27H,5,9-14H2,1H3. The molecule has 1 aromatic rings. The number of nitrogens with one attached hydrogen (secondary N) is 1. The number of likely N-dealkylation sites (tertiary alicyclic amines) is 1. The molecule has 9 heteroatoms. The number of thiocarbonyl (C=S) groups is 1. The summed E-state index contributed by atoms with van der Waals surface area (Å²) >= 11 is 5.68. The van der Waals surface area contributed by atoms with Gasteiger partial charge in [-0.15, -0.1) is 13.2 Å². The van der Waals surface area contributed by atoms with Gasteiger partial charge in [-0.1, -0.05) is 29.9 Å². The van der Waals surface area contributed by atoms with Crippen LogP contribution in [0.2, 0.25) is 0 Å². The molecule has 0 aromatic heterocycles. The van der Waals surface area contributed by atoms with Crippen LogP contribution in [0, 0.1) is 6.92 Å². The molecule has 0 bridgehead atoms. The lowest BCUT2D eigenvalue weighted by Gasteiger charge is -2.37. The number of halogens is 3. The number of piperidine rings is 1. The Morgan fingerprint density at radius 1 is 1.09 bits per heavy atom. The quantitative estimate of drug-likeness (QED) is 0.645. The van der Waals surface area contributed by atoms with Crippen LogP contribution in [-0.4, -0.2) is 47.3 Å². The Kier molecular flexibility index (Phi) is 6.57. The van der Waals surface area contributed by atoms with Crippen molar-refractivity contribution in [2.75, 3.05) is 18.0 Å². The molecular weight excluding hydrogens is 439 g/mol. The molecule has 1 aromatic carbocycles. The van der Waals surface area contributed by atoms with Crippen LogP contribution in [-0.2, 0) is 9.53 Å². The molecule has 2 saturated heterocycles. The summed E-state index contributed by atoms with van der Waals surface area (Å²) in [6.07, 6.45) is 1.28. The fraction of sp³-hybridized carbons (Fsp3) is 0.478. The number of alkyl halides is 3. The Morgan fingerprint density at radius 2 is 1.78 bits per heavy atom. The van der Waals surface area contributed by atoms with Gasteiger partial charge >= 0.3 is 6.36 Å². The summed E-state index contributed by atoms with van der Waals surface area (Å²) in [6, 6.07) is 7.98. The number of benzene rings is 1. The van der Waals surface area contributed by atoms with Crippen molar-refractivity contribution >= 4 is 28.8 Å². The molecule has 4 rings (SSSR count). The van der Waals surface area contributed by atoms with Crippen LogP contribution in [0.4, 0.5) is 18.9 Å². The van der Waals surface area contributed by atoms with Crippen molar-refractivity contribution in [3.05, 3.63) is 53.4 Å². The first-order valence-electron chi connectivity index (χ1n) is 10.8. The second-order valence-corrected chi connectivity index (χ2v) is 8.87. The van der Waals surface area contributed by atoms with E-state index >= 15 is 0 Å². The first-order chi connectivity index (χ1) is 15.2. The second kappa shape index (κ2) is 9.23. The maximum atomic E-state index is 12.7. The molecule has 0 radical (unpaired) electrons. The number of ether oxygens (including phenoxy) is 1. The fourth-order valence-corrected chi connectivity index (χ4v) is 4.90. The van der Waals surface area contributed by atoms with Crippen LogP contribution in [0.5, 0.6) is 0 Å². The second-order valence-electron chi connectivity index (χ2n) is 8.45. The van der Waals surface area contributed by atoms with Crippen molar-refractivity contribution in [3.8, 4) is 0 Å². The molecule has 0 spiro atoms. The molecule has 2 heterocycles.